The minimum absolute atomic E-state index is 0.663. The SMILES string of the molecule is [B]c1nn(C)c(CCC)c1C. The van der Waals surface area contributed by atoms with E-state index in [1.807, 2.05) is 18.7 Å². The lowest BCUT2D eigenvalue weighted by Crippen LogP contribution is -2.07. The largest absolute Gasteiger partial charge is 0.273 e. The number of hydrogen-bond donors (Lipinski definition) is 0. The van der Waals surface area contributed by atoms with E-state index in [0.29, 0.717) is 5.59 Å². The first kappa shape index (κ1) is 8.37. The van der Waals surface area contributed by atoms with Gasteiger partial charge in [-0.1, -0.05) is 13.3 Å². The van der Waals surface area contributed by atoms with Gasteiger partial charge in [-0.2, -0.15) is 5.10 Å². The fourth-order valence-electron chi connectivity index (χ4n) is 1.27. The summed E-state index contributed by atoms with van der Waals surface area (Å²) < 4.78 is 1.87. The molecule has 1 heterocycles. The van der Waals surface area contributed by atoms with Crippen LogP contribution in [0.3, 0.4) is 0 Å². The molecule has 1 rings (SSSR count). The van der Waals surface area contributed by atoms with E-state index in [4.69, 9.17) is 7.85 Å². The van der Waals surface area contributed by atoms with E-state index in [9.17, 15) is 0 Å². The van der Waals surface area contributed by atoms with Gasteiger partial charge in [0.25, 0.3) is 0 Å². The second kappa shape index (κ2) is 3.12. The van der Waals surface area contributed by atoms with Crippen LogP contribution in [-0.4, -0.2) is 17.6 Å². The highest BCUT2D eigenvalue weighted by molar-refractivity contribution is 6.31. The Hall–Kier alpha value is -0.725. The second-order valence-electron chi connectivity index (χ2n) is 2.83. The molecule has 11 heavy (non-hydrogen) atoms. The maximum absolute atomic E-state index is 5.64. The Morgan fingerprint density at radius 3 is 2.55 bits per heavy atom. The average Bonchev–Trinajstić information content (AvgIpc) is 2.17. The molecule has 2 nitrogen and oxygen atoms in total. The lowest BCUT2D eigenvalue weighted by molar-refractivity contribution is 0.699. The quantitative estimate of drug-likeness (QED) is 0.557. The monoisotopic (exact) mass is 148 g/mol. The Kier molecular flexibility index (Phi) is 2.37. The van der Waals surface area contributed by atoms with Gasteiger partial charge in [-0.25, -0.2) is 0 Å². The Morgan fingerprint density at radius 2 is 2.18 bits per heavy atom. The summed E-state index contributed by atoms with van der Waals surface area (Å²) in [4.78, 5) is 0. The summed E-state index contributed by atoms with van der Waals surface area (Å²) >= 11 is 0. The van der Waals surface area contributed by atoms with Crippen molar-refractivity contribution in [3.05, 3.63) is 11.3 Å². The minimum atomic E-state index is 0.663. The lowest BCUT2D eigenvalue weighted by atomic mass is 9.98. The molecule has 3 heteroatoms. The van der Waals surface area contributed by atoms with Crippen molar-refractivity contribution in [2.75, 3.05) is 0 Å². The first-order valence-corrected chi connectivity index (χ1v) is 3.94. The third-order valence-electron chi connectivity index (χ3n) is 1.95. The molecule has 0 N–H and O–H groups in total. The van der Waals surface area contributed by atoms with Crippen LogP contribution in [0.4, 0.5) is 0 Å². The summed E-state index contributed by atoms with van der Waals surface area (Å²) in [5, 5.41) is 4.12. The van der Waals surface area contributed by atoms with Crippen molar-refractivity contribution in [1.82, 2.24) is 9.78 Å². The van der Waals surface area contributed by atoms with E-state index in [-0.39, 0.29) is 0 Å². The Balaban J connectivity index is 3.02. The van der Waals surface area contributed by atoms with Crippen LogP contribution in [0.2, 0.25) is 0 Å². The molecule has 58 valence electrons. The van der Waals surface area contributed by atoms with E-state index >= 15 is 0 Å². The Morgan fingerprint density at radius 1 is 1.55 bits per heavy atom. The van der Waals surface area contributed by atoms with E-state index in [2.05, 4.69) is 12.0 Å². The number of aryl methyl sites for hydroxylation is 1. The zero-order valence-corrected chi connectivity index (χ0v) is 7.39. The van der Waals surface area contributed by atoms with Gasteiger partial charge in [0, 0.05) is 18.3 Å². The molecule has 1 aromatic rings. The highest BCUT2D eigenvalue weighted by atomic mass is 15.3. The van der Waals surface area contributed by atoms with Gasteiger partial charge in [0.2, 0.25) is 0 Å². The highest BCUT2D eigenvalue weighted by Crippen LogP contribution is 2.05. The van der Waals surface area contributed by atoms with Crippen LogP contribution in [0.1, 0.15) is 24.6 Å². The molecule has 0 saturated heterocycles. The molecule has 0 aromatic carbocycles. The maximum atomic E-state index is 5.64. The predicted octanol–water partition coefficient (Wildman–Crippen LogP) is 0.475. The molecule has 0 amide bonds. The van der Waals surface area contributed by atoms with Crippen LogP contribution >= 0.6 is 0 Å². The van der Waals surface area contributed by atoms with Gasteiger partial charge in [0.1, 0.15) is 7.85 Å². The average molecular weight is 148 g/mol. The van der Waals surface area contributed by atoms with Gasteiger partial charge in [0.05, 0.1) is 0 Å². The fourth-order valence-corrected chi connectivity index (χ4v) is 1.27. The van der Waals surface area contributed by atoms with E-state index in [1.165, 1.54) is 5.69 Å². The molecule has 0 atom stereocenters. The summed E-state index contributed by atoms with van der Waals surface area (Å²) in [6, 6.07) is 0. The van der Waals surface area contributed by atoms with Crippen LogP contribution in [-0.2, 0) is 13.5 Å². The molecule has 0 bridgehead atoms. The molecule has 0 aliphatic carbocycles. The van der Waals surface area contributed by atoms with Gasteiger partial charge < -0.3 is 0 Å². The van der Waals surface area contributed by atoms with Crippen LogP contribution in [0.5, 0.6) is 0 Å². The van der Waals surface area contributed by atoms with Crippen molar-refractivity contribution >= 4 is 13.4 Å². The van der Waals surface area contributed by atoms with Crippen LogP contribution < -0.4 is 5.59 Å². The fraction of sp³-hybridized carbons (Fsp3) is 0.625. The number of rotatable bonds is 2. The van der Waals surface area contributed by atoms with Crippen molar-refractivity contribution in [3.63, 3.8) is 0 Å². The molecule has 0 spiro atoms. The smallest absolute Gasteiger partial charge is 0.144 e. The maximum Gasteiger partial charge on any atom is 0.144 e. The number of nitrogens with zero attached hydrogens (tertiary/aromatic N) is 2. The zero-order valence-electron chi connectivity index (χ0n) is 7.39. The van der Waals surface area contributed by atoms with Crippen molar-refractivity contribution < 1.29 is 0 Å². The minimum Gasteiger partial charge on any atom is -0.273 e. The summed E-state index contributed by atoms with van der Waals surface area (Å²) in [6.07, 6.45) is 2.20. The van der Waals surface area contributed by atoms with Gasteiger partial charge >= 0.3 is 0 Å². The summed E-state index contributed by atoms with van der Waals surface area (Å²) in [5.41, 5.74) is 3.05. The normalized spacial score (nSPS) is 10.5. The van der Waals surface area contributed by atoms with Gasteiger partial charge in [0.15, 0.2) is 0 Å². The van der Waals surface area contributed by atoms with Gasteiger partial charge in [-0.15, -0.1) is 0 Å². The zero-order chi connectivity index (χ0) is 8.43. The van der Waals surface area contributed by atoms with Crippen molar-refractivity contribution in [1.29, 1.82) is 0 Å². The van der Waals surface area contributed by atoms with Crippen molar-refractivity contribution in [3.8, 4) is 0 Å². The van der Waals surface area contributed by atoms with Crippen LogP contribution in [0, 0.1) is 6.92 Å². The molecule has 0 fully saturated rings. The van der Waals surface area contributed by atoms with Crippen LogP contribution in [0.15, 0.2) is 0 Å². The molecule has 0 saturated carbocycles. The standard InChI is InChI=1S/C8H13BN2/c1-4-5-7-6(2)8(9)10-11(7)3/h4-5H2,1-3H3. The first-order valence-electron chi connectivity index (χ1n) is 3.94. The first-order chi connectivity index (χ1) is 5.16. The summed E-state index contributed by atoms with van der Waals surface area (Å²) in [5.74, 6) is 0. The molecular weight excluding hydrogens is 135 g/mol. The van der Waals surface area contributed by atoms with Crippen molar-refractivity contribution in [2.45, 2.75) is 26.7 Å². The second-order valence-corrected chi connectivity index (χ2v) is 2.83. The summed E-state index contributed by atoms with van der Waals surface area (Å²) in [7, 11) is 7.58. The van der Waals surface area contributed by atoms with E-state index in [1.54, 1.807) is 0 Å². The number of aromatic nitrogens is 2. The van der Waals surface area contributed by atoms with E-state index in [0.717, 1.165) is 18.4 Å². The van der Waals surface area contributed by atoms with Crippen LogP contribution in [0.25, 0.3) is 0 Å². The Labute approximate surface area is 69.0 Å². The molecule has 0 aliphatic heterocycles. The third-order valence-corrected chi connectivity index (χ3v) is 1.95. The molecule has 0 unspecified atom stereocenters. The Bertz CT molecular complexity index is 253. The van der Waals surface area contributed by atoms with Gasteiger partial charge in [-0.05, 0) is 18.9 Å². The highest BCUT2D eigenvalue weighted by Gasteiger charge is 2.05. The lowest BCUT2D eigenvalue weighted by Gasteiger charge is -1.99. The molecule has 0 aliphatic rings. The van der Waals surface area contributed by atoms with Crippen molar-refractivity contribution in [2.24, 2.45) is 7.05 Å². The molecular formula is C8H13BN2. The summed E-state index contributed by atoms with van der Waals surface area (Å²) in [6.45, 7) is 4.18. The topological polar surface area (TPSA) is 17.8 Å². The van der Waals surface area contributed by atoms with E-state index < -0.39 is 0 Å². The molecule has 1 aromatic heterocycles. The number of hydrogen-bond acceptors (Lipinski definition) is 1. The third kappa shape index (κ3) is 1.47. The predicted molar refractivity (Wildman–Crippen MR) is 47.3 cm³/mol. The van der Waals surface area contributed by atoms with Gasteiger partial charge in [-0.3, -0.25) is 4.68 Å². The molecule has 2 radical (unpaired) electrons.